The summed E-state index contributed by atoms with van der Waals surface area (Å²) in [5.74, 6) is 0.476. The van der Waals surface area contributed by atoms with Gasteiger partial charge in [0.1, 0.15) is 5.75 Å². The Morgan fingerprint density at radius 2 is 1.88 bits per heavy atom. The molecule has 1 amide bonds. The van der Waals surface area contributed by atoms with E-state index in [1.807, 2.05) is 30.3 Å². The Balaban J connectivity index is 2.80. The van der Waals surface area contributed by atoms with Crippen molar-refractivity contribution in [3.63, 3.8) is 0 Å². The summed E-state index contributed by atoms with van der Waals surface area (Å²) in [7, 11) is 1.63. The standard InChI is InChI=1S/C13H17NO2/c1-13(2,12(14)15)9-8-10-4-6-11(16-3)7-5-10/h4-9H,1-3H3,(H2,14,15)/b9-8+. The van der Waals surface area contributed by atoms with Crippen LogP contribution in [0.3, 0.4) is 0 Å². The van der Waals surface area contributed by atoms with Gasteiger partial charge >= 0.3 is 0 Å². The topological polar surface area (TPSA) is 52.3 Å². The molecule has 3 nitrogen and oxygen atoms in total. The third-order valence-electron chi connectivity index (χ3n) is 2.44. The SMILES string of the molecule is COc1ccc(/C=C/C(C)(C)C(N)=O)cc1. The minimum Gasteiger partial charge on any atom is -0.497 e. The van der Waals surface area contributed by atoms with Crippen LogP contribution in [-0.4, -0.2) is 13.0 Å². The predicted molar refractivity (Wildman–Crippen MR) is 65.0 cm³/mol. The van der Waals surface area contributed by atoms with E-state index in [-0.39, 0.29) is 5.91 Å². The quantitative estimate of drug-likeness (QED) is 0.844. The van der Waals surface area contributed by atoms with Gasteiger partial charge in [-0.1, -0.05) is 24.3 Å². The number of amides is 1. The van der Waals surface area contributed by atoms with Gasteiger partial charge in [0.15, 0.2) is 0 Å². The zero-order valence-corrected chi connectivity index (χ0v) is 9.86. The Morgan fingerprint density at radius 3 is 2.31 bits per heavy atom. The monoisotopic (exact) mass is 219 g/mol. The molecule has 0 bridgehead atoms. The van der Waals surface area contributed by atoms with Crippen molar-refractivity contribution >= 4 is 12.0 Å². The molecular formula is C13H17NO2. The lowest BCUT2D eigenvalue weighted by Gasteiger charge is -2.14. The van der Waals surface area contributed by atoms with Crippen LogP contribution < -0.4 is 10.5 Å². The van der Waals surface area contributed by atoms with Gasteiger partial charge in [0.2, 0.25) is 5.91 Å². The van der Waals surface area contributed by atoms with Crippen molar-refractivity contribution in [2.45, 2.75) is 13.8 Å². The van der Waals surface area contributed by atoms with Crippen molar-refractivity contribution in [3.05, 3.63) is 35.9 Å². The summed E-state index contributed by atoms with van der Waals surface area (Å²) < 4.78 is 5.05. The molecule has 1 aromatic rings. The Bertz CT molecular complexity index is 391. The summed E-state index contributed by atoms with van der Waals surface area (Å²) in [5, 5.41) is 0. The molecular weight excluding hydrogens is 202 g/mol. The molecule has 0 aliphatic rings. The first kappa shape index (κ1) is 12.3. The number of methoxy groups -OCH3 is 1. The first-order valence-corrected chi connectivity index (χ1v) is 5.09. The lowest BCUT2D eigenvalue weighted by atomic mass is 9.91. The van der Waals surface area contributed by atoms with Crippen LogP contribution in [0.1, 0.15) is 19.4 Å². The Labute approximate surface area is 95.9 Å². The number of ether oxygens (including phenoxy) is 1. The van der Waals surface area contributed by atoms with Crippen molar-refractivity contribution in [1.82, 2.24) is 0 Å². The molecule has 0 radical (unpaired) electrons. The Kier molecular flexibility index (Phi) is 3.72. The van der Waals surface area contributed by atoms with E-state index in [0.29, 0.717) is 0 Å². The van der Waals surface area contributed by atoms with Gasteiger partial charge in [-0.3, -0.25) is 4.79 Å². The van der Waals surface area contributed by atoms with E-state index < -0.39 is 5.41 Å². The molecule has 3 heteroatoms. The van der Waals surface area contributed by atoms with Gasteiger partial charge < -0.3 is 10.5 Å². The third kappa shape index (κ3) is 3.12. The normalized spacial score (nSPS) is 11.7. The second-order valence-corrected chi connectivity index (χ2v) is 4.19. The van der Waals surface area contributed by atoms with Gasteiger partial charge in [0, 0.05) is 0 Å². The molecule has 0 aliphatic heterocycles. The van der Waals surface area contributed by atoms with E-state index in [1.165, 1.54) is 0 Å². The van der Waals surface area contributed by atoms with Crippen molar-refractivity contribution in [2.75, 3.05) is 7.11 Å². The smallest absolute Gasteiger partial charge is 0.226 e. The third-order valence-corrected chi connectivity index (χ3v) is 2.44. The summed E-state index contributed by atoms with van der Waals surface area (Å²) in [6.45, 7) is 3.57. The van der Waals surface area contributed by atoms with E-state index >= 15 is 0 Å². The fourth-order valence-corrected chi connectivity index (χ4v) is 1.10. The minimum absolute atomic E-state index is 0.336. The first-order chi connectivity index (χ1) is 7.45. The number of rotatable bonds is 4. The summed E-state index contributed by atoms with van der Waals surface area (Å²) in [6, 6.07) is 7.59. The molecule has 0 aromatic heterocycles. The molecule has 0 saturated heterocycles. The highest BCUT2D eigenvalue weighted by Crippen LogP contribution is 2.19. The number of hydrogen-bond acceptors (Lipinski definition) is 2. The number of primary amides is 1. The van der Waals surface area contributed by atoms with E-state index in [9.17, 15) is 4.79 Å². The van der Waals surface area contributed by atoms with Crippen molar-refractivity contribution in [2.24, 2.45) is 11.1 Å². The predicted octanol–water partition coefficient (Wildman–Crippen LogP) is 2.22. The maximum atomic E-state index is 11.1. The van der Waals surface area contributed by atoms with Gasteiger partial charge in [-0.2, -0.15) is 0 Å². The zero-order valence-electron chi connectivity index (χ0n) is 9.86. The molecule has 0 spiro atoms. The summed E-state index contributed by atoms with van der Waals surface area (Å²) >= 11 is 0. The van der Waals surface area contributed by atoms with Crippen molar-refractivity contribution < 1.29 is 9.53 Å². The Hall–Kier alpha value is -1.77. The van der Waals surface area contributed by atoms with Crippen LogP contribution in [0.2, 0.25) is 0 Å². The fraction of sp³-hybridized carbons (Fsp3) is 0.308. The van der Waals surface area contributed by atoms with Gasteiger partial charge in [0.05, 0.1) is 12.5 Å². The second-order valence-electron chi connectivity index (χ2n) is 4.19. The Morgan fingerprint density at radius 1 is 1.31 bits per heavy atom. The number of carbonyl (C=O) groups excluding carboxylic acids is 1. The van der Waals surface area contributed by atoms with Gasteiger partial charge in [-0.05, 0) is 31.5 Å². The lowest BCUT2D eigenvalue weighted by Crippen LogP contribution is -2.29. The van der Waals surface area contributed by atoms with E-state index in [1.54, 1.807) is 27.0 Å². The van der Waals surface area contributed by atoms with Crippen molar-refractivity contribution in [3.8, 4) is 5.75 Å². The zero-order chi connectivity index (χ0) is 12.2. The highest BCUT2D eigenvalue weighted by molar-refractivity contribution is 5.83. The first-order valence-electron chi connectivity index (χ1n) is 5.09. The average Bonchev–Trinajstić information content (AvgIpc) is 2.27. The van der Waals surface area contributed by atoms with Crippen LogP contribution >= 0.6 is 0 Å². The number of hydrogen-bond donors (Lipinski definition) is 1. The fourth-order valence-electron chi connectivity index (χ4n) is 1.10. The summed E-state index contributed by atoms with van der Waals surface area (Å²) in [6.07, 6.45) is 3.68. The molecule has 0 unspecified atom stereocenters. The van der Waals surface area contributed by atoms with Gasteiger partial charge in [-0.15, -0.1) is 0 Å². The highest BCUT2D eigenvalue weighted by atomic mass is 16.5. The van der Waals surface area contributed by atoms with Crippen LogP contribution in [0, 0.1) is 5.41 Å². The van der Waals surface area contributed by atoms with Gasteiger partial charge in [0.25, 0.3) is 0 Å². The van der Waals surface area contributed by atoms with Crippen LogP contribution in [0.25, 0.3) is 6.08 Å². The molecule has 0 aliphatic carbocycles. The number of nitrogens with two attached hydrogens (primary N) is 1. The van der Waals surface area contributed by atoms with Crippen LogP contribution in [0.4, 0.5) is 0 Å². The van der Waals surface area contributed by atoms with E-state index in [0.717, 1.165) is 11.3 Å². The number of carbonyl (C=O) groups is 1. The van der Waals surface area contributed by atoms with Crippen molar-refractivity contribution in [1.29, 1.82) is 0 Å². The summed E-state index contributed by atoms with van der Waals surface area (Å²) in [4.78, 5) is 11.1. The molecule has 1 rings (SSSR count). The lowest BCUT2D eigenvalue weighted by molar-refractivity contribution is -0.123. The molecule has 86 valence electrons. The van der Waals surface area contributed by atoms with E-state index in [4.69, 9.17) is 10.5 Å². The molecule has 2 N–H and O–H groups in total. The molecule has 1 aromatic carbocycles. The van der Waals surface area contributed by atoms with Gasteiger partial charge in [-0.25, -0.2) is 0 Å². The molecule has 0 fully saturated rings. The van der Waals surface area contributed by atoms with Crippen LogP contribution in [0.5, 0.6) is 5.75 Å². The molecule has 0 saturated carbocycles. The maximum Gasteiger partial charge on any atom is 0.226 e. The minimum atomic E-state index is -0.625. The summed E-state index contributed by atoms with van der Waals surface area (Å²) in [5.41, 5.74) is 5.65. The largest absolute Gasteiger partial charge is 0.497 e. The molecule has 0 heterocycles. The molecule has 16 heavy (non-hydrogen) atoms. The maximum absolute atomic E-state index is 11.1. The van der Waals surface area contributed by atoms with Crippen LogP contribution in [0.15, 0.2) is 30.3 Å². The van der Waals surface area contributed by atoms with Crippen LogP contribution in [-0.2, 0) is 4.79 Å². The second kappa shape index (κ2) is 4.84. The molecule has 0 atom stereocenters. The number of benzene rings is 1. The average molecular weight is 219 g/mol. The van der Waals surface area contributed by atoms with E-state index in [2.05, 4.69) is 0 Å². The highest BCUT2D eigenvalue weighted by Gasteiger charge is 2.20.